The number of hydrogen-bond donors (Lipinski definition) is 2. The molecule has 0 heterocycles. The molecule has 0 aromatic heterocycles. The summed E-state index contributed by atoms with van der Waals surface area (Å²) in [6.07, 6.45) is 70.6. The van der Waals surface area contributed by atoms with Gasteiger partial charge >= 0.3 is 0 Å². The molecule has 8 nitrogen and oxygen atoms in total. The molecule has 2 N–H and O–H groups in total. The van der Waals surface area contributed by atoms with Crippen molar-refractivity contribution in [2.45, 2.75) is 302 Å². The van der Waals surface area contributed by atoms with Crippen LogP contribution in [0.5, 0.6) is 0 Å². The molecule has 3 atom stereocenters. The van der Waals surface area contributed by atoms with Gasteiger partial charge in [0, 0.05) is 6.42 Å². The summed E-state index contributed by atoms with van der Waals surface area (Å²) in [6, 6.07) is -0.911. The number of nitrogens with zero attached hydrogens (tertiary/aromatic N) is 1. The number of quaternary nitrogens is 1. The third-order valence-electron chi connectivity index (χ3n) is 13.7. The Balaban J connectivity index is 4.20. The number of nitrogens with one attached hydrogen (secondary N) is 1. The van der Waals surface area contributed by atoms with Crippen LogP contribution in [0.3, 0.4) is 0 Å². The number of carbonyl (C=O) groups excluding carboxylic acids is 1. The predicted octanol–water partition coefficient (Wildman–Crippen LogP) is 18.1. The minimum absolute atomic E-state index is 0.00910. The Kier molecular flexibility index (Phi) is 52.1. The first-order valence-electron chi connectivity index (χ1n) is 30.5. The van der Waals surface area contributed by atoms with E-state index in [1.54, 1.807) is 6.08 Å². The highest BCUT2D eigenvalue weighted by Crippen LogP contribution is 2.38. The highest BCUT2D eigenvalue weighted by atomic mass is 31.2. The number of amides is 1. The third kappa shape index (κ3) is 56.0. The van der Waals surface area contributed by atoms with Gasteiger partial charge in [-0.05, 0) is 70.6 Å². The van der Waals surface area contributed by atoms with E-state index in [9.17, 15) is 19.4 Å². The number of allylic oxidation sites excluding steroid dienone is 7. The quantitative estimate of drug-likeness (QED) is 0.0272. The largest absolute Gasteiger partial charge is 0.756 e. The second-order valence-corrected chi connectivity index (χ2v) is 23.4. The molecule has 3 unspecified atom stereocenters. The number of rotatable bonds is 56. The first-order chi connectivity index (χ1) is 34.5. The van der Waals surface area contributed by atoms with Crippen molar-refractivity contribution in [2.24, 2.45) is 0 Å². The standard InChI is InChI=1S/C62H119N2O6P/c1-6-8-10-12-14-16-18-20-22-24-26-28-29-30-31-32-33-34-36-38-40-42-44-46-48-50-52-54-56-62(66)63-60(59-70-71(67,68)69-58-57-64(3,4)5)61(65)55-53-51-49-47-45-43-41-39-37-35-27-25-23-21-19-17-15-13-11-9-7-2/h30-31,37,39,45,47,53,55,60-61,65H,6-29,32-36,38,40-44,46,48-52,54,56-59H2,1-5H3,(H-,63,66,67,68)/b31-30-,39-37+,47-45+,55-53+. The number of phosphoric acid groups is 1. The van der Waals surface area contributed by atoms with Crippen molar-refractivity contribution in [1.29, 1.82) is 0 Å². The molecule has 0 fully saturated rings. The topological polar surface area (TPSA) is 108 Å². The van der Waals surface area contributed by atoms with Gasteiger partial charge in [-0.2, -0.15) is 0 Å². The molecule has 0 aromatic rings. The lowest BCUT2D eigenvalue weighted by Crippen LogP contribution is -2.45. The average Bonchev–Trinajstić information content (AvgIpc) is 3.33. The van der Waals surface area contributed by atoms with Gasteiger partial charge in [0.2, 0.25) is 5.91 Å². The zero-order chi connectivity index (χ0) is 52.0. The number of unbranched alkanes of at least 4 members (excludes halogenated alkanes) is 37. The second-order valence-electron chi connectivity index (χ2n) is 22.0. The van der Waals surface area contributed by atoms with E-state index in [2.05, 4.69) is 55.6 Å². The minimum atomic E-state index is -4.61. The second kappa shape index (κ2) is 53.3. The Morgan fingerprint density at radius 1 is 0.479 bits per heavy atom. The van der Waals surface area contributed by atoms with Gasteiger partial charge < -0.3 is 28.8 Å². The molecular weight excluding hydrogens is 900 g/mol. The van der Waals surface area contributed by atoms with Gasteiger partial charge in [-0.1, -0.05) is 262 Å². The fraction of sp³-hybridized carbons (Fsp3) is 0.855. The van der Waals surface area contributed by atoms with Gasteiger partial charge in [-0.25, -0.2) is 0 Å². The summed E-state index contributed by atoms with van der Waals surface area (Å²) in [5.74, 6) is -0.209. The zero-order valence-corrected chi connectivity index (χ0v) is 48.6. The third-order valence-corrected chi connectivity index (χ3v) is 14.7. The van der Waals surface area contributed by atoms with Crippen LogP contribution in [-0.2, 0) is 18.4 Å². The number of hydrogen-bond acceptors (Lipinski definition) is 6. The fourth-order valence-electron chi connectivity index (χ4n) is 8.95. The van der Waals surface area contributed by atoms with Gasteiger partial charge in [0.15, 0.2) is 0 Å². The summed E-state index contributed by atoms with van der Waals surface area (Å²) in [7, 11) is 1.24. The van der Waals surface area contributed by atoms with E-state index in [-0.39, 0.29) is 12.5 Å². The van der Waals surface area contributed by atoms with Crippen LogP contribution in [0, 0.1) is 0 Å². The SMILES string of the molecule is CCCCCCCCCCCCC/C=C/CC/C=C/CC/C=C/C(O)C(COP(=O)([O-])OCC[N+](C)(C)C)NC(=O)CCCCCCCCCCCCCC/C=C\CCCCCCCCCCCCCC. The van der Waals surface area contributed by atoms with Crippen molar-refractivity contribution in [2.75, 3.05) is 40.9 Å². The van der Waals surface area contributed by atoms with Crippen LogP contribution in [0.4, 0.5) is 0 Å². The number of carbonyl (C=O) groups is 1. The monoisotopic (exact) mass is 1020 g/mol. The summed E-state index contributed by atoms with van der Waals surface area (Å²) >= 11 is 0. The van der Waals surface area contributed by atoms with Gasteiger partial charge in [0.05, 0.1) is 39.9 Å². The van der Waals surface area contributed by atoms with E-state index < -0.39 is 26.6 Å². The normalized spacial score (nSPS) is 14.2. The molecule has 418 valence electrons. The summed E-state index contributed by atoms with van der Waals surface area (Å²) in [5, 5.41) is 13.9. The predicted molar refractivity (Wildman–Crippen MR) is 307 cm³/mol. The molecule has 1 amide bonds. The molecule has 0 aliphatic carbocycles. The maximum atomic E-state index is 13.0. The van der Waals surface area contributed by atoms with E-state index in [0.717, 1.165) is 44.9 Å². The summed E-state index contributed by atoms with van der Waals surface area (Å²) < 4.78 is 23.3. The summed E-state index contributed by atoms with van der Waals surface area (Å²) in [5.41, 5.74) is 0. The maximum absolute atomic E-state index is 13.0. The van der Waals surface area contributed by atoms with Crippen molar-refractivity contribution in [3.63, 3.8) is 0 Å². The van der Waals surface area contributed by atoms with Crippen molar-refractivity contribution in [3.05, 3.63) is 48.6 Å². The molecule has 0 saturated carbocycles. The summed E-state index contributed by atoms with van der Waals surface area (Å²) in [6.45, 7) is 4.65. The van der Waals surface area contributed by atoms with E-state index in [4.69, 9.17) is 9.05 Å². The molecule has 0 spiro atoms. The number of aliphatic hydroxyl groups excluding tert-OH is 1. The maximum Gasteiger partial charge on any atom is 0.268 e. The van der Waals surface area contributed by atoms with Crippen LogP contribution in [0.25, 0.3) is 0 Å². The van der Waals surface area contributed by atoms with E-state index in [1.807, 2.05) is 27.2 Å². The van der Waals surface area contributed by atoms with E-state index in [1.165, 1.54) is 225 Å². The molecule has 9 heteroatoms. The van der Waals surface area contributed by atoms with Gasteiger partial charge in [0.1, 0.15) is 13.2 Å². The van der Waals surface area contributed by atoms with Crippen LogP contribution in [0.1, 0.15) is 290 Å². The zero-order valence-electron chi connectivity index (χ0n) is 47.7. The smallest absolute Gasteiger partial charge is 0.268 e. The Morgan fingerprint density at radius 3 is 1.14 bits per heavy atom. The van der Waals surface area contributed by atoms with Crippen LogP contribution in [-0.4, -0.2) is 68.5 Å². The molecule has 0 bridgehead atoms. The van der Waals surface area contributed by atoms with Crippen molar-refractivity contribution >= 4 is 13.7 Å². The van der Waals surface area contributed by atoms with E-state index in [0.29, 0.717) is 17.4 Å². The number of aliphatic hydroxyl groups is 1. The first kappa shape index (κ1) is 69.5. The molecule has 0 aromatic carbocycles. The molecule has 71 heavy (non-hydrogen) atoms. The van der Waals surface area contributed by atoms with Gasteiger partial charge in [0.25, 0.3) is 7.82 Å². The number of likely N-dealkylation sites (N-methyl/N-ethyl adjacent to an activating group) is 1. The lowest BCUT2D eigenvalue weighted by atomic mass is 10.0. The summed E-state index contributed by atoms with van der Waals surface area (Å²) in [4.78, 5) is 25.5. The molecular formula is C62H119N2O6P. The highest BCUT2D eigenvalue weighted by Gasteiger charge is 2.23. The Labute approximate surface area is 441 Å². The van der Waals surface area contributed by atoms with Gasteiger partial charge in [-0.15, -0.1) is 0 Å². The molecule has 0 saturated heterocycles. The lowest BCUT2D eigenvalue weighted by molar-refractivity contribution is -0.870. The van der Waals surface area contributed by atoms with Gasteiger partial charge in [-0.3, -0.25) is 9.36 Å². The average molecular weight is 1020 g/mol. The minimum Gasteiger partial charge on any atom is -0.756 e. The molecule has 0 aliphatic heterocycles. The number of phosphoric ester groups is 1. The molecule has 0 aliphatic rings. The molecule has 0 radical (unpaired) electrons. The van der Waals surface area contributed by atoms with Crippen LogP contribution in [0.2, 0.25) is 0 Å². The van der Waals surface area contributed by atoms with Crippen LogP contribution < -0.4 is 10.2 Å². The Morgan fingerprint density at radius 2 is 0.789 bits per heavy atom. The van der Waals surface area contributed by atoms with Crippen molar-refractivity contribution in [3.8, 4) is 0 Å². The Bertz CT molecular complexity index is 1290. The van der Waals surface area contributed by atoms with Crippen molar-refractivity contribution in [1.82, 2.24) is 5.32 Å². The molecule has 0 rings (SSSR count). The Hall–Kier alpha value is -1.54. The lowest BCUT2D eigenvalue weighted by Gasteiger charge is -2.29. The highest BCUT2D eigenvalue weighted by molar-refractivity contribution is 7.45. The van der Waals surface area contributed by atoms with Crippen LogP contribution >= 0.6 is 7.82 Å². The van der Waals surface area contributed by atoms with E-state index >= 15 is 0 Å². The van der Waals surface area contributed by atoms with Crippen molar-refractivity contribution < 1.29 is 32.9 Å². The van der Waals surface area contributed by atoms with Crippen LogP contribution in [0.15, 0.2) is 48.6 Å². The first-order valence-corrected chi connectivity index (χ1v) is 32.0. The fourth-order valence-corrected chi connectivity index (χ4v) is 9.67.